The molecular formula is C14H20O3. The van der Waals surface area contributed by atoms with Crippen LogP contribution in [0.15, 0.2) is 11.1 Å². The highest BCUT2D eigenvalue weighted by Gasteiger charge is 2.39. The minimum atomic E-state index is -0.0538. The van der Waals surface area contributed by atoms with Crippen molar-refractivity contribution >= 4 is 5.97 Å². The molecule has 1 saturated carbocycles. The zero-order valence-corrected chi connectivity index (χ0v) is 10.5. The summed E-state index contributed by atoms with van der Waals surface area (Å²) in [5, 5.41) is 0. The monoisotopic (exact) mass is 236 g/mol. The summed E-state index contributed by atoms with van der Waals surface area (Å²) in [6, 6.07) is 0. The van der Waals surface area contributed by atoms with Crippen LogP contribution in [-0.4, -0.2) is 25.8 Å². The molecule has 1 unspecified atom stereocenters. The number of rotatable bonds is 4. The molecule has 2 aliphatic carbocycles. The Kier molecular flexibility index (Phi) is 2.74. The van der Waals surface area contributed by atoms with Gasteiger partial charge in [-0.2, -0.15) is 0 Å². The fourth-order valence-electron chi connectivity index (χ4n) is 3.13. The molecule has 3 nitrogen and oxygen atoms in total. The Morgan fingerprint density at radius 2 is 2.29 bits per heavy atom. The Labute approximate surface area is 102 Å². The van der Waals surface area contributed by atoms with Gasteiger partial charge in [-0.3, -0.25) is 0 Å². The molecular weight excluding hydrogens is 216 g/mol. The summed E-state index contributed by atoms with van der Waals surface area (Å²) in [6.45, 7) is 4.15. The van der Waals surface area contributed by atoms with Crippen molar-refractivity contribution < 1.29 is 14.3 Å². The summed E-state index contributed by atoms with van der Waals surface area (Å²) in [6.07, 6.45) is 5.53. The van der Waals surface area contributed by atoms with Crippen molar-refractivity contribution in [3.8, 4) is 0 Å². The van der Waals surface area contributed by atoms with Crippen LogP contribution in [0.4, 0.5) is 0 Å². The molecule has 3 heteroatoms. The summed E-state index contributed by atoms with van der Waals surface area (Å²) in [4.78, 5) is 12.0. The molecule has 1 atom stereocenters. The van der Waals surface area contributed by atoms with Crippen molar-refractivity contribution in [3.05, 3.63) is 11.1 Å². The van der Waals surface area contributed by atoms with Crippen molar-refractivity contribution in [1.82, 2.24) is 0 Å². The average Bonchev–Trinajstić information content (AvgIpc) is 2.89. The zero-order valence-electron chi connectivity index (χ0n) is 10.5. The van der Waals surface area contributed by atoms with E-state index in [1.165, 1.54) is 12.0 Å². The first-order valence-corrected chi connectivity index (χ1v) is 6.68. The molecule has 1 saturated heterocycles. The van der Waals surface area contributed by atoms with E-state index in [1.807, 2.05) is 0 Å². The highest BCUT2D eigenvalue weighted by molar-refractivity contribution is 5.90. The number of carbonyl (C=O) groups is 1. The van der Waals surface area contributed by atoms with E-state index in [0.29, 0.717) is 6.61 Å². The smallest absolute Gasteiger partial charge is 0.333 e. The molecule has 0 N–H and O–H groups in total. The standard InChI is InChI=1S/C14H20O3/c1-2-14(7-16-8-14)9-17-13(15)12-6-10-3-4-11(12)5-10/h10H,2-9H2,1H3. The molecule has 94 valence electrons. The quantitative estimate of drug-likeness (QED) is 0.703. The average molecular weight is 236 g/mol. The van der Waals surface area contributed by atoms with Crippen LogP contribution in [-0.2, 0) is 14.3 Å². The fraction of sp³-hybridized carbons (Fsp3) is 0.786. The minimum Gasteiger partial charge on any atom is -0.462 e. The third-order valence-corrected chi connectivity index (χ3v) is 4.63. The predicted molar refractivity (Wildman–Crippen MR) is 63.5 cm³/mol. The van der Waals surface area contributed by atoms with Crippen molar-refractivity contribution in [1.29, 1.82) is 0 Å². The molecule has 2 fully saturated rings. The maximum atomic E-state index is 12.0. The van der Waals surface area contributed by atoms with Gasteiger partial charge in [0, 0.05) is 5.57 Å². The number of allylic oxidation sites excluding steroid dienone is 1. The SMILES string of the molecule is CCC1(COC(=O)C2=C3CCC(C3)C2)COC1. The van der Waals surface area contributed by atoms with E-state index in [9.17, 15) is 4.79 Å². The van der Waals surface area contributed by atoms with Crippen LogP contribution in [0.3, 0.4) is 0 Å². The van der Waals surface area contributed by atoms with Gasteiger partial charge in [0.1, 0.15) is 6.61 Å². The lowest BCUT2D eigenvalue weighted by atomic mass is 9.84. The van der Waals surface area contributed by atoms with Gasteiger partial charge in [-0.25, -0.2) is 4.79 Å². The van der Waals surface area contributed by atoms with Crippen LogP contribution in [0.25, 0.3) is 0 Å². The lowest BCUT2D eigenvalue weighted by Crippen LogP contribution is -2.46. The molecule has 0 spiro atoms. The van der Waals surface area contributed by atoms with Crippen LogP contribution in [0.1, 0.15) is 39.0 Å². The van der Waals surface area contributed by atoms with Crippen LogP contribution < -0.4 is 0 Å². The summed E-state index contributed by atoms with van der Waals surface area (Å²) in [7, 11) is 0. The first kappa shape index (κ1) is 11.3. The molecule has 0 amide bonds. The maximum absolute atomic E-state index is 12.0. The minimum absolute atomic E-state index is 0.0538. The summed E-state index contributed by atoms with van der Waals surface area (Å²) in [5.74, 6) is 0.682. The topological polar surface area (TPSA) is 35.5 Å². The van der Waals surface area contributed by atoms with Crippen LogP contribution in [0.2, 0.25) is 0 Å². The number of fused-ring (bicyclic) bond motifs is 2. The largest absolute Gasteiger partial charge is 0.462 e. The second-order valence-corrected chi connectivity index (χ2v) is 5.82. The van der Waals surface area contributed by atoms with Crippen LogP contribution in [0.5, 0.6) is 0 Å². The molecule has 1 aliphatic heterocycles. The van der Waals surface area contributed by atoms with Crippen LogP contribution >= 0.6 is 0 Å². The normalized spacial score (nSPS) is 29.4. The van der Waals surface area contributed by atoms with Gasteiger partial charge < -0.3 is 9.47 Å². The molecule has 0 aromatic carbocycles. The van der Waals surface area contributed by atoms with Gasteiger partial charge in [-0.05, 0) is 38.0 Å². The van der Waals surface area contributed by atoms with Gasteiger partial charge in [0.25, 0.3) is 0 Å². The molecule has 0 aromatic heterocycles. The Morgan fingerprint density at radius 3 is 2.76 bits per heavy atom. The predicted octanol–water partition coefficient (Wildman–Crippen LogP) is 2.46. The van der Waals surface area contributed by atoms with Crippen molar-refractivity contribution in [2.24, 2.45) is 11.3 Å². The number of carbonyl (C=O) groups excluding carboxylic acids is 1. The second kappa shape index (κ2) is 4.13. The Bertz CT molecular complexity index is 360. The molecule has 0 radical (unpaired) electrons. The highest BCUT2D eigenvalue weighted by Crippen LogP contribution is 2.44. The van der Waals surface area contributed by atoms with Gasteiger partial charge >= 0.3 is 5.97 Å². The second-order valence-electron chi connectivity index (χ2n) is 5.82. The van der Waals surface area contributed by atoms with Gasteiger partial charge in [0.15, 0.2) is 0 Å². The summed E-state index contributed by atoms with van der Waals surface area (Å²) >= 11 is 0. The Balaban J connectivity index is 1.57. The molecule has 2 bridgehead atoms. The summed E-state index contributed by atoms with van der Waals surface area (Å²) in [5.41, 5.74) is 2.47. The van der Waals surface area contributed by atoms with E-state index in [4.69, 9.17) is 9.47 Å². The van der Waals surface area contributed by atoms with Crippen LogP contribution in [0, 0.1) is 11.3 Å². The summed E-state index contributed by atoms with van der Waals surface area (Å²) < 4.78 is 10.7. The fourth-order valence-corrected chi connectivity index (χ4v) is 3.13. The number of hydrogen-bond acceptors (Lipinski definition) is 3. The molecule has 3 aliphatic rings. The Morgan fingerprint density at radius 1 is 1.47 bits per heavy atom. The van der Waals surface area contributed by atoms with Gasteiger partial charge in [-0.15, -0.1) is 0 Å². The zero-order chi connectivity index (χ0) is 11.9. The van der Waals surface area contributed by atoms with Crippen molar-refractivity contribution in [2.45, 2.75) is 39.0 Å². The number of hydrogen-bond donors (Lipinski definition) is 0. The lowest BCUT2D eigenvalue weighted by Gasteiger charge is -2.40. The van der Waals surface area contributed by atoms with Crippen molar-refractivity contribution in [3.63, 3.8) is 0 Å². The van der Waals surface area contributed by atoms with Gasteiger partial charge in [0.2, 0.25) is 0 Å². The first-order chi connectivity index (χ1) is 8.22. The third kappa shape index (κ3) is 1.90. The third-order valence-electron chi connectivity index (χ3n) is 4.63. The van der Waals surface area contributed by atoms with E-state index >= 15 is 0 Å². The molecule has 17 heavy (non-hydrogen) atoms. The maximum Gasteiger partial charge on any atom is 0.333 e. The van der Waals surface area contributed by atoms with Gasteiger partial charge in [-0.1, -0.05) is 12.5 Å². The van der Waals surface area contributed by atoms with Gasteiger partial charge in [0.05, 0.1) is 18.6 Å². The lowest BCUT2D eigenvalue weighted by molar-refractivity contribution is -0.167. The van der Waals surface area contributed by atoms with E-state index in [2.05, 4.69) is 6.92 Å². The van der Waals surface area contributed by atoms with E-state index in [1.54, 1.807) is 0 Å². The number of esters is 1. The van der Waals surface area contributed by atoms with E-state index in [0.717, 1.165) is 50.4 Å². The molecule has 1 heterocycles. The van der Waals surface area contributed by atoms with E-state index in [-0.39, 0.29) is 11.4 Å². The molecule has 0 aromatic rings. The highest BCUT2D eigenvalue weighted by atomic mass is 16.5. The Hall–Kier alpha value is -0.830. The number of ether oxygens (including phenoxy) is 2. The first-order valence-electron chi connectivity index (χ1n) is 6.68. The van der Waals surface area contributed by atoms with Crippen molar-refractivity contribution in [2.75, 3.05) is 19.8 Å². The van der Waals surface area contributed by atoms with E-state index < -0.39 is 0 Å². The molecule has 3 rings (SSSR count).